The van der Waals surface area contributed by atoms with Crippen LogP contribution in [0, 0.1) is 5.82 Å². The summed E-state index contributed by atoms with van der Waals surface area (Å²) in [5, 5.41) is 2.89. The third-order valence-electron chi connectivity index (χ3n) is 4.26. The molecule has 0 fully saturated rings. The van der Waals surface area contributed by atoms with Crippen molar-refractivity contribution in [1.82, 2.24) is 15.2 Å². The largest absolute Gasteiger partial charge is 0.444 e. The zero-order chi connectivity index (χ0) is 19.2. The number of amides is 1. The number of nitrogens with one attached hydrogen (secondary N) is 1. The van der Waals surface area contributed by atoms with Crippen LogP contribution in [0.15, 0.2) is 65.3 Å². The molecule has 2 aromatic carbocycles. The number of rotatable bonds is 7. The van der Waals surface area contributed by atoms with Crippen molar-refractivity contribution in [3.8, 4) is 11.5 Å². The van der Waals surface area contributed by atoms with Gasteiger partial charge in [0.1, 0.15) is 12.1 Å². The molecule has 0 aliphatic carbocycles. The maximum Gasteiger partial charge on any atom is 0.226 e. The Morgan fingerprint density at radius 1 is 1.19 bits per heavy atom. The minimum absolute atomic E-state index is 0.123. The van der Waals surface area contributed by atoms with Gasteiger partial charge < -0.3 is 14.6 Å². The lowest BCUT2D eigenvalue weighted by molar-refractivity contribution is -0.120. The SMILES string of the molecule is CN(C)C(CNC(=O)Cc1coc(-c2ccccc2)n1)c1cccc(F)c1. The number of halogens is 1. The van der Waals surface area contributed by atoms with Crippen LogP contribution in [-0.4, -0.2) is 36.4 Å². The van der Waals surface area contributed by atoms with Gasteiger partial charge in [0.15, 0.2) is 0 Å². The Bertz CT molecular complexity index is 893. The first-order valence-corrected chi connectivity index (χ1v) is 8.71. The van der Waals surface area contributed by atoms with E-state index in [0.29, 0.717) is 18.1 Å². The summed E-state index contributed by atoms with van der Waals surface area (Å²) < 4.78 is 19.0. The monoisotopic (exact) mass is 367 g/mol. The fourth-order valence-corrected chi connectivity index (χ4v) is 2.85. The van der Waals surface area contributed by atoms with Crippen LogP contribution in [0.5, 0.6) is 0 Å². The Hall–Kier alpha value is -2.99. The first-order valence-electron chi connectivity index (χ1n) is 8.71. The van der Waals surface area contributed by atoms with Crippen LogP contribution in [0.1, 0.15) is 17.3 Å². The molecule has 1 aromatic heterocycles. The van der Waals surface area contributed by atoms with Crippen molar-refractivity contribution in [3.63, 3.8) is 0 Å². The van der Waals surface area contributed by atoms with Crippen molar-refractivity contribution in [2.24, 2.45) is 0 Å². The summed E-state index contributed by atoms with van der Waals surface area (Å²) in [7, 11) is 3.79. The molecule has 3 rings (SSSR count). The number of carbonyl (C=O) groups is 1. The smallest absolute Gasteiger partial charge is 0.226 e. The summed E-state index contributed by atoms with van der Waals surface area (Å²) in [6.45, 7) is 0.374. The standard InChI is InChI=1S/C21H22FN3O2/c1-25(2)19(16-9-6-10-17(22)11-16)13-23-20(26)12-18-14-27-21(24-18)15-7-4-3-5-8-15/h3-11,14,19H,12-13H2,1-2H3,(H,23,26). The van der Waals surface area contributed by atoms with E-state index in [0.717, 1.165) is 11.1 Å². The highest BCUT2D eigenvalue weighted by atomic mass is 19.1. The van der Waals surface area contributed by atoms with Gasteiger partial charge in [0.2, 0.25) is 11.8 Å². The number of benzene rings is 2. The Kier molecular flexibility index (Phi) is 5.98. The number of likely N-dealkylation sites (N-methyl/N-ethyl adjacent to an activating group) is 1. The average molecular weight is 367 g/mol. The van der Waals surface area contributed by atoms with Crippen LogP contribution < -0.4 is 5.32 Å². The molecule has 1 N–H and O–H groups in total. The second-order valence-corrected chi connectivity index (χ2v) is 6.53. The quantitative estimate of drug-likeness (QED) is 0.695. The van der Waals surface area contributed by atoms with Crippen molar-refractivity contribution in [1.29, 1.82) is 0 Å². The van der Waals surface area contributed by atoms with Crippen LogP contribution >= 0.6 is 0 Å². The van der Waals surface area contributed by atoms with Gasteiger partial charge in [-0.1, -0.05) is 30.3 Å². The van der Waals surface area contributed by atoms with Crippen LogP contribution in [0.4, 0.5) is 4.39 Å². The first kappa shape index (κ1) is 18.8. The predicted molar refractivity (Wildman–Crippen MR) is 101 cm³/mol. The van der Waals surface area contributed by atoms with Crippen LogP contribution in [-0.2, 0) is 11.2 Å². The fraction of sp³-hybridized carbons (Fsp3) is 0.238. The van der Waals surface area contributed by atoms with Crippen LogP contribution in [0.2, 0.25) is 0 Å². The number of aromatic nitrogens is 1. The summed E-state index contributed by atoms with van der Waals surface area (Å²) in [5.41, 5.74) is 2.24. The zero-order valence-electron chi connectivity index (χ0n) is 15.4. The highest BCUT2D eigenvalue weighted by Gasteiger charge is 2.17. The minimum Gasteiger partial charge on any atom is -0.444 e. The van der Waals surface area contributed by atoms with Crippen LogP contribution in [0.25, 0.3) is 11.5 Å². The third-order valence-corrected chi connectivity index (χ3v) is 4.26. The molecule has 1 amide bonds. The molecule has 140 valence electrons. The highest BCUT2D eigenvalue weighted by Crippen LogP contribution is 2.19. The molecule has 5 nitrogen and oxygen atoms in total. The second kappa shape index (κ2) is 8.60. The lowest BCUT2D eigenvalue weighted by atomic mass is 10.1. The predicted octanol–water partition coefficient (Wildman–Crippen LogP) is 3.44. The fourth-order valence-electron chi connectivity index (χ4n) is 2.85. The molecule has 6 heteroatoms. The Morgan fingerprint density at radius 2 is 1.96 bits per heavy atom. The minimum atomic E-state index is -0.290. The Balaban J connectivity index is 1.59. The third kappa shape index (κ3) is 5.01. The van der Waals surface area contributed by atoms with Gasteiger partial charge >= 0.3 is 0 Å². The summed E-state index contributed by atoms with van der Waals surface area (Å²) in [4.78, 5) is 18.6. The molecule has 3 aromatic rings. The van der Waals surface area contributed by atoms with E-state index in [9.17, 15) is 9.18 Å². The zero-order valence-corrected chi connectivity index (χ0v) is 15.4. The maximum atomic E-state index is 13.5. The molecular formula is C21H22FN3O2. The van der Waals surface area contributed by atoms with Gasteiger partial charge in [-0.05, 0) is 43.9 Å². The van der Waals surface area contributed by atoms with Crippen molar-refractivity contribution < 1.29 is 13.6 Å². The summed E-state index contributed by atoms with van der Waals surface area (Å²) in [5.74, 6) is 0.0391. The number of hydrogen-bond acceptors (Lipinski definition) is 4. The second-order valence-electron chi connectivity index (χ2n) is 6.53. The van der Waals surface area contributed by atoms with E-state index in [1.54, 1.807) is 6.07 Å². The van der Waals surface area contributed by atoms with Gasteiger partial charge in [0.05, 0.1) is 18.2 Å². The number of nitrogens with zero attached hydrogens (tertiary/aromatic N) is 2. The Labute approximate surface area is 157 Å². The molecule has 0 radical (unpaired) electrons. The number of oxazole rings is 1. The summed E-state index contributed by atoms with van der Waals surface area (Å²) in [6, 6.07) is 15.8. The molecular weight excluding hydrogens is 345 g/mol. The van der Waals surface area contributed by atoms with E-state index in [1.807, 2.05) is 55.4 Å². The summed E-state index contributed by atoms with van der Waals surface area (Å²) >= 11 is 0. The maximum absolute atomic E-state index is 13.5. The van der Waals surface area contributed by atoms with E-state index in [2.05, 4.69) is 10.3 Å². The molecule has 1 atom stereocenters. The average Bonchev–Trinajstić information content (AvgIpc) is 3.11. The molecule has 27 heavy (non-hydrogen) atoms. The molecule has 0 saturated carbocycles. The van der Waals surface area contributed by atoms with Gasteiger partial charge in [-0.3, -0.25) is 4.79 Å². The first-order chi connectivity index (χ1) is 13.0. The van der Waals surface area contributed by atoms with E-state index < -0.39 is 0 Å². The van der Waals surface area contributed by atoms with Crippen molar-refractivity contribution in [3.05, 3.63) is 77.9 Å². The Morgan fingerprint density at radius 3 is 2.67 bits per heavy atom. The molecule has 1 unspecified atom stereocenters. The summed E-state index contributed by atoms with van der Waals surface area (Å²) in [6.07, 6.45) is 1.62. The van der Waals surface area contributed by atoms with Gasteiger partial charge in [-0.25, -0.2) is 9.37 Å². The molecule has 0 spiro atoms. The van der Waals surface area contributed by atoms with E-state index in [4.69, 9.17) is 4.42 Å². The van der Waals surface area contributed by atoms with Gasteiger partial charge in [0, 0.05) is 12.1 Å². The van der Waals surface area contributed by atoms with Crippen LogP contribution in [0.3, 0.4) is 0 Å². The van der Waals surface area contributed by atoms with E-state index in [1.165, 1.54) is 18.4 Å². The van der Waals surface area contributed by atoms with Gasteiger partial charge in [-0.15, -0.1) is 0 Å². The van der Waals surface area contributed by atoms with Gasteiger partial charge in [0.25, 0.3) is 0 Å². The number of hydrogen-bond donors (Lipinski definition) is 1. The molecule has 0 aliphatic rings. The lowest BCUT2D eigenvalue weighted by Gasteiger charge is -2.25. The normalized spacial score (nSPS) is 12.1. The molecule has 1 heterocycles. The van der Waals surface area contributed by atoms with E-state index >= 15 is 0 Å². The topological polar surface area (TPSA) is 58.4 Å². The number of carbonyl (C=O) groups excluding carboxylic acids is 1. The molecule has 0 bridgehead atoms. The molecule has 0 saturated heterocycles. The van der Waals surface area contributed by atoms with Crippen molar-refractivity contribution in [2.75, 3.05) is 20.6 Å². The highest BCUT2D eigenvalue weighted by molar-refractivity contribution is 5.78. The van der Waals surface area contributed by atoms with Crippen molar-refractivity contribution in [2.45, 2.75) is 12.5 Å². The van der Waals surface area contributed by atoms with Crippen molar-refractivity contribution >= 4 is 5.91 Å². The lowest BCUT2D eigenvalue weighted by Crippen LogP contribution is -2.35. The van der Waals surface area contributed by atoms with Gasteiger partial charge in [-0.2, -0.15) is 0 Å². The molecule has 0 aliphatic heterocycles. The van der Waals surface area contributed by atoms with E-state index in [-0.39, 0.29) is 24.2 Å².